The average molecular weight is 346 g/mol. The molecule has 0 fully saturated rings. The summed E-state index contributed by atoms with van der Waals surface area (Å²) in [6.07, 6.45) is 0.417. The molecule has 0 atom stereocenters. The Morgan fingerprint density at radius 3 is 2.53 bits per heavy atom. The monoisotopic (exact) mass is 345 g/mol. The number of thioether (sulfide) groups is 1. The molecule has 1 N–H and O–H groups in total. The molecule has 0 spiro atoms. The van der Waals surface area contributed by atoms with Gasteiger partial charge in [-0.3, -0.25) is 4.79 Å². The second-order valence-corrected chi connectivity index (χ2v) is 7.49. The zero-order valence-corrected chi connectivity index (χ0v) is 13.9. The lowest BCUT2D eigenvalue weighted by Gasteiger charge is -2.16. The summed E-state index contributed by atoms with van der Waals surface area (Å²) in [7, 11) is 0. The number of carbonyl (C=O) groups is 1. The van der Waals surface area contributed by atoms with E-state index >= 15 is 0 Å². The molecule has 0 aliphatic heterocycles. The van der Waals surface area contributed by atoms with Crippen LogP contribution >= 0.6 is 27.7 Å². The molecule has 1 rings (SSSR count). The molecule has 0 saturated heterocycles. The minimum atomic E-state index is -0.207. The van der Waals surface area contributed by atoms with Crippen molar-refractivity contribution in [1.82, 2.24) is 5.48 Å². The Hall–Kier alpha value is -0.520. The van der Waals surface area contributed by atoms with Crippen LogP contribution in [0.15, 0.2) is 33.6 Å². The van der Waals surface area contributed by atoms with E-state index in [-0.39, 0.29) is 11.4 Å². The first-order valence-electron chi connectivity index (χ1n) is 6.18. The molecule has 0 aromatic heterocycles. The lowest BCUT2D eigenvalue weighted by Crippen LogP contribution is -2.25. The molecule has 0 saturated carbocycles. The van der Waals surface area contributed by atoms with Crippen molar-refractivity contribution in [2.75, 3.05) is 12.3 Å². The predicted octanol–water partition coefficient (Wildman–Crippen LogP) is 4.03. The molecule has 19 heavy (non-hydrogen) atoms. The van der Waals surface area contributed by atoms with E-state index in [0.29, 0.717) is 13.0 Å². The summed E-state index contributed by atoms with van der Waals surface area (Å²) >= 11 is 5.12. The van der Waals surface area contributed by atoms with Crippen molar-refractivity contribution >= 4 is 33.7 Å². The summed E-state index contributed by atoms with van der Waals surface area (Å²) in [6.45, 7) is 6.67. The molecule has 5 heteroatoms. The molecule has 0 aliphatic rings. The quantitative estimate of drug-likeness (QED) is 0.480. The van der Waals surface area contributed by atoms with Gasteiger partial charge in [-0.2, -0.15) is 5.48 Å². The van der Waals surface area contributed by atoms with Crippen LogP contribution in [-0.2, 0) is 9.63 Å². The molecular weight excluding hydrogens is 326 g/mol. The maximum absolute atomic E-state index is 11.4. The van der Waals surface area contributed by atoms with Gasteiger partial charge in [-0.15, -0.1) is 11.8 Å². The molecule has 106 valence electrons. The summed E-state index contributed by atoms with van der Waals surface area (Å²) in [4.78, 5) is 17.6. The van der Waals surface area contributed by atoms with Gasteiger partial charge in [0.05, 0.1) is 6.42 Å². The second kappa shape index (κ2) is 7.92. The Morgan fingerprint density at radius 2 is 1.95 bits per heavy atom. The summed E-state index contributed by atoms with van der Waals surface area (Å²) in [5, 5.41) is 0. The van der Waals surface area contributed by atoms with Crippen LogP contribution in [0.2, 0.25) is 0 Å². The highest BCUT2D eigenvalue weighted by molar-refractivity contribution is 9.10. The van der Waals surface area contributed by atoms with Gasteiger partial charge in [0.1, 0.15) is 0 Å². The fraction of sp³-hybridized carbons (Fsp3) is 0.500. The first-order chi connectivity index (χ1) is 8.87. The number of benzene rings is 1. The predicted molar refractivity (Wildman–Crippen MR) is 83.0 cm³/mol. The lowest BCUT2D eigenvalue weighted by molar-refractivity contribution is -0.152. The van der Waals surface area contributed by atoms with Crippen molar-refractivity contribution in [2.24, 2.45) is 5.41 Å². The number of hydrogen-bond acceptors (Lipinski definition) is 4. The van der Waals surface area contributed by atoms with Crippen LogP contribution in [0.25, 0.3) is 0 Å². The molecule has 0 unspecified atom stereocenters. The maximum atomic E-state index is 11.4. The van der Waals surface area contributed by atoms with Gasteiger partial charge in [-0.25, -0.2) is 0 Å². The number of hydrogen-bond donors (Lipinski definition) is 1. The van der Waals surface area contributed by atoms with Crippen molar-refractivity contribution < 1.29 is 9.63 Å². The van der Waals surface area contributed by atoms with Crippen LogP contribution in [0.1, 0.15) is 27.2 Å². The average Bonchev–Trinajstić information content (AvgIpc) is 2.29. The Labute approximate surface area is 127 Å². The van der Waals surface area contributed by atoms with Crippen LogP contribution in [0.5, 0.6) is 0 Å². The SMILES string of the molecule is CC(C)(C)CC(=O)ONCCSc1ccc(Br)cc1. The van der Waals surface area contributed by atoms with Crippen molar-refractivity contribution in [3.63, 3.8) is 0 Å². The van der Waals surface area contributed by atoms with Crippen molar-refractivity contribution in [2.45, 2.75) is 32.1 Å². The van der Waals surface area contributed by atoms with Gasteiger partial charge in [0.25, 0.3) is 0 Å². The van der Waals surface area contributed by atoms with E-state index < -0.39 is 0 Å². The normalized spacial score (nSPS) is 11.4. The van der Waals surface area contributed by atoms with E-state index in [1.165, 1.54) is 4.90 Å². The zero-order chi connectivity index (χ0) is 14.3. The van der Waals surface area contributed by atoms with E-state index in [1.54, 1.807) is 11.8 Å². The minimum Gasteiger partial charge on any atom is -0.371 e. The smallest absolute Gasteiger partial charge is 0.325 e. The van der Waals surface area contributed by atoms with Gasteiger partial charge in [-0.1, -0.05) is 36.7 Å². The summed E-state index contributed by atoms with van der Waals surface area (Å²) < 4.78 is 1.08. The van der Waals surface area contributed by atoms with Crippen molar-refractivity contribution in [3.8, 4) is 0 Å². The van der Waals surface area contributed by atoms with Gasteiger partial charge in [0, 0.05) is 21.7 Å². The Kier molecular flexibility index (Phi) is 6.89. The first kappa shape index (κ1) is 16.5. The third-order valence-corrected chi connectivity index (χ3v) is 3.69. The van der Waals surface area contributed by atoms with Crippen LogP contribution in [0.4, 0.5) is 0 Å². The summed E-state index contributed by atoms with van der Waals surface area (Å²) in [5.41, 5.74) is 2.67. The van der Waals surface area contributed by atoms with E-state index in [1.807, 2.05) is 32.9 Å². The highest BCUT2D eigenvalue weighted by Crippen LogP contribution is 2.20. The van der Waals surface area contributed by atoms with Crippen LogP contribution < -0.4 is 5.48 Å². The molecule has 1 aromatic carbocycles. The van der Waals surface area contributed by atoms with Crippen molar-refractivity contribution in [1.29, 1.82) is 0 Å². The van der Waals surface area contributed by atoms with E-state index in [2.05, 4.69) is 33.5 Å². The number of hydroxylamine groups is 1. The molecular formula is C14H20BrNO2S. The molecule has 1 aromatic rings. The Balaban J connectivity index is 2.11. The van der Waals surface area contributed by atoms with Gasteiger partial charge in [-0.05, 0) is 29.7 Å². The van der Waals surface area contributed by atoms with Crippen LogP contribution in [0.3, 0.4) is 0 Å². The number of rotatable bonds is 6. The third-order valence-electron chi connectivity index (χ3n) is 2.15. The fourth-order valence-electron chi connectivity index (χ4n) is 1.34. The topological polar surface area (TPSA) is 38.3 Å². The Bertz CT molecular complexity index is 401. The maximum Gasteiger partial charge on any atom is 0.325 e. The molecule has 0 amide bonds. The first-order valence-corrected chi connectivity index (χ1v) is 7.95. The molecule has 0 bridgehead atoms. The number of nitrogens with one attached hydrogen (secondary N) is 1. The highest BCUT2D eigenvalue weighted by Gasteiger charge is 2.16. The lowest BCUT2D eigenvalue weighted by atomic mass is 9.93. The largest absolute Gasteiger partial charge is 0.371 e. The molecule has 3 nitrogen and oxygen atoms in total. The molecule has 0 heterocycles. The van der Waals surface area contributed by atoms with Crippen LogP contribution in [0, 0.1) is 5.41 Å². The van der Waals surface area contributed by atoms with Crippen molar-refractivity contribution in [3.05, 3.63) is 28.7 Å². The summed E-state index contributed by atoms with van der Waals surface area (Å²) in [6, 6.07) is 8.14. The van der Waals surface area contributed by atoms with Gasteiger partial charge in [0.2, 0.25) is 0 Å². The Morgan fingerprint density at radius 1 is 1.32 bits per heavy atom. The number of halogens is 1. The molecule has 0 aliphatic carbocycles. The fourth-order valence-corrected chi connectivity index (χ4v) is 2.36. The van der Waals surface area contributed by atoms with Gasteiger partial charge in [0.15, 0.2) is 0 Å². The third kappa shape index (κ3) is 8.29. The van der Waals surface area contributed by atoms with Gasteiger partial charge < -0.3 is 4.84 Å². The van der Waals surface area contributed by atoms with Crippen LogP contribution in [-0.4, -0.2) is 18.3 Å². The number of carbonyl (C=O) groups excluding carboxylic acids is 1. The molecule has 0 radical (unpaired) electrons. The van der Waals surface area contributed by atoms with E-state index in [0.717, 1.165) is 10.2 Å². The summed E-state index contributed by atoms with van der Waals surface area (Å²) in [5.74, 6) is 0.644. The van der Waals surface area contributed by atoms with Gasteiger partial charge >= 0.3 is 5.97 Å². The van der Waals surface area contributed by atoms with E-state index in [4.69, 9.17) is 4.84 Å². The standard InChI is InChI=1S/C14H20BrNO2S/c1-14(2,3)10-13(17)18-16-8-9-19-12-6-4-11(15)5-7-12/h4-7,16H,8-10H2,1-3H3. The zero-order valence-electron chi connectivity index (χ0n) is 11.5. The van der Waals surface area contributed by atoms with E-state index in [9.17, 15) is 4.79 Å². The second-order valence-electron chi connectivity index (χ2n) is 5.41. The highest BCUT2D eigenvalue weighted by atomic mass is 79.9. The minimum absolute atomic E-state index is 0.0368.